The summed E-state index contributed by atoms with van der Waals surface area (Å²) in [6.45, 7) is 2.49. The molecule has 1 aromatic carbocycles. The first-order chi connectivity index (χ1) is 13.3. The monoisotopic (exact) mass is 389 g/mol. The number of amides is 1. The molecule has 0 bridgehead atoms. The second kappa shape index (κ2) is 10.3. The van der Waals surface area contributed by atoms with Gasteiger partial charge in [-0.25, -0.2) is 0 Å². The molecule has 6 nitrogen and oxygen atoms in total. The normalized spacial score (nSPS) is 15.7. The smallest absolute Gasteiger partial charge is 0.277 e. The zero-order chi connectivity index (χ0) is 18.9. The van der Waals surface area contributed by atoms with E-state index in [2.05, 4.69) is 15.5 Å². The molecule has 0 radical (unpaired) electrons. The summed E-state index contributed by atoms with van der Waals surface area (Å²) in [5, 5.41) is 11.7. The molecule has 1 fully saturated rings. The van der Waals surface area contributed by atoms with E-state index in [4.69, 9.17) is 9.15 Å². The van der Waals surface area contributed by atoms with E-state index in [1.54, 1.807) is 0 Å². The summed E-state index contributed by atoms with van der Waals surface area (Å²) >= 11 is 1.27. The fraction of sp³-hybridized carbons (Fsp3) is 0.550. The number of nitrogens with one attached hydrogen (secondary N) is 1. The van der Waals surface area contributed by atoms with Gasteiger partial charge in [-0.15, -0.1) is 10.2 Å². The first-order valence-corrected chi connectivity index (χ1v) is 10.7. The molecule has 0 atom stereocenters. The van der Waals surface area contributed by atoms with Crippen LogP contribution in [0.1, 0.15) is 51.9 Å². The average molecular weight is 390 g/mol. The lowest BCUT2D eigenvalue weighted by Gasteiger charge is -2.20. The van der Waals surface area contributed by atoms with Crippen LogP contribution in [0.15, 0.2) is 33.9 Å². The van der Waals surface area contributed by atoms with Crippen LogP contribution >= 0.6 is 11.8 Å². The van der Waals surface area contributed by atoms with Crippen molar-refractivity contribution in [2.75, 3.05) is 12.4 Å². The van der Waals surface area contributed by atoms with Gasteiger partial charge < -0.3 is 14.5 Å². The number of ether oxygens (including phenoxy) is 1. The minimum Gasteiger partial charge on any atom is -0.493 e. The van der Waals surface area contributed by atoms with E-state index < -0.39 is 0 Å². The molecular weight excluding hydrogens is 362 g/mol. The molecule has 7 heteroatoms. The van der Waals surface area contributed by atoms with E-state index >= 15 is 0 Å². The van der Waals surface area contributed by atoms with E-state index in [0.717, 1.165) is 18.4 Å². The second-order valence-corrected chi connectivity index (χ2v) is 7.63. The molecule has 0 saturated heterocycles. The first kappa shape index (κ1) is 19.7. The van der Waals surface area contributed by atoms with Crippen molar-refractivity contribution < 1.29 is 13.9 Å². The highest BCUT2D eigenvalue weighted by Crippen LogP contribution is 2.30. The van der Waals surface area contributed by atoms with Gasteiger partial charge in [-0.05, 0) is 31.9 Å². The molecule has 1 heterocycles. The highest BCUT2D eigenvalue weighted by atomic mass is 32.2. The van der Waals surface area contributed by atoms with Crippen molar-refractivity contribution in [3.63, 3.8) is 0 Å². The molecule has 1 aromatic heterocycles. The fourth-order valence-electron chi connectivity index (χ4n) is 3.30. The summed E-state index contributed by atoms with van der Waals surface area (Å²) in [7, 11) is 0. The molecule has 1 saturated carbocycles. The van der Waals surface area contributed by atoms with Gasteiger partial charge in [-0.2, -0.15) is 0 Å². The predicted molar refractivity (Wildman–Crippen MR) is 106 cm³/mol. The third-order valence-electron chi connectivity index (χ3n) is 4.62. The molecule has 2 aromatic rings. The highest BCUT2D eigenvalue weighted by molar-refractivity contribution is 7.99. The van der Waals surface area contributed by atoms with Crippen LogP contribution in [-0.2, 0) is 4.79 Å². The molecule has 27 heavy (non-hydrogen) atoms. The third-order valence-corrected chi connectivity index (χ3v) is 5.44. The Morgan fingerprint density at radius 2 is 1.93 bits per heavy atom. The van der Waals surface area contributed by atoms with Gasteiger partial charge >= 0.3 is 0 Å². The SMILES string of the molecule is CCOc1ccccc1-c1nnc(SCC(=O)NC2CCCCCCC2)o1. The Balaban J connectivity index is 1.53. The number of benzene rings is 1. The number of para-hydroxylation sites is 1. The van der Waals surface area contributed by atoms with E-state index in [9.17, 15) is 4.79 Å². The fourth-order valence-corrected chi connectivity index (χ4v) is 3.87. The number of rotatable bonds is 7. The Bertz CT molecular complexity index is 727. The Kier molecular flexibility index (Phi) is 7.56. The number of carbonyl (C=O) groups is 1. The Morgan fingerprint density at radius 1 is 1.19 bits per heavy atom. The zero-order valence-electron chi connectivity index (χ0n) is 15.8. The topological polar surface area (TPSA) is 77.2 Å². The maximum Gasteiger partial charge on any atom is 0.277 e. The van der Waals surface area contributed by atoms with Crippen molar-refractivity contribution in [3.8, 4) is 17.2 Å². The zero-order valence-corrected chi connectivity index (χ0v) is 16.6. The van der Waals surface area contributed by atoms with Crippen molar-refractivity contribution in [3.05, 3.63) is 24.3 Å². The standard InChI is InChI=1S/C20H27N3O3S/c1-2-25-17-13-9-8-12-16(17)19-22-23-20(26-19)27-14-18(24)21-15-10-6-4-3-5-7-11-15/h8-9,12-13,15H,2-7,10-11,14H2,1H3,(H,21,24). The van der Waals surface area contributed by atoms with Gasteiger partial charge in [-0.1, -0.05) is 56.0 Å². The lowest BCUT2D eigenvalue weighted by atomic mass is 9.97. The number of aromatic nitrogens is 2. The molecular formula is C20H27N3O3S. The predicted octanol–water partition coefficient (Wildman–Crippen LogP) is 4.46. The molecule has 1 aliphatic rings. The van der Waals surface area contributed by atoms with E-state index in [-0.39, 0.29) is 11.7 Å². The van der Waals surface area contributed by atoms with Crippen molar-refractivity contribution in [1.29, 1.82) is 0 Å². The molecule has 1 amide bonds. The molecule has 146 valence electrons. The van der Waals surface area contributed by atoms with Crippen molar-refractivity contribution >= 4 is 17.7 Å². The summed E-state index contributed by atoms with van der Waals surface area (Å²) < 4.78 is 11.3. The van der Waals surface area contributed by atoms with E-state index in [1.165, 1.54) is 43.9 Å². The molecule has 1 N–H and O–H groups in total. The van der Waals surface area contributed by atoms with Crippen LogP contribution in [0.3, 0.4) is 0 Å². The summed E-state index contributed by atoms with van der Waals surface area (Å²) in [5.74, 6) is 1.43. The van der Waals surface area contributed by atoms with Gasteiger partial charge in [0.05, 0.1) is 17.9 Å². The van der Waals surface area contributed by atoms with Crippen LogP contribution in [0.4, 0.5) is 0 Å². The number of thioether (sulfide) groups is 1. The minimum atomic E-state index is 0.0278. The second-order valence-electron chi connectivity index (χ2n) is 6.70. The average Bonchev–Trinajstić information content (AvgIpc) is 3.12. The largest absolute Gasteiger partial charge is 0.493 e. The summed E-state index contributed by atoms with van der Waals surface area (Å²) in [4.78, 5) is 12.3. The lowest BCUT2D eigenvalue weighted by Crippen LogP contribution is -2.36. The summed E-state index contributed by atoms with van der Waals surface area (Å²) in [5.41, 5.74) is 0.762. The van der Waals surface area contributed by atoms with Gasteiger partial charge in [-0.3, -0.25) is 4.79 Å². The van der Waals surface area contributed by atoms with Gasteiger partial charge in [0.2, 0.25) is 5.91 Å². The highest BCUT2D eigenvalue weighted by Gasteiger charge is 2.17. The summed E-state index contributed by atoms with van der Waals surface area (Å²) in [6.07, 6.45) is 8.42. The maximum absolute atomic E-state index is 12.3. The van der Waals surface area contributed by atoms with E-state index in [1.807, 2.05) is 31.2 Å². The molecule has 1 aliphatic carbocycles. The molecule has 0 unspecified atom stereocenters. The Labute approximate surface area is 164 Å². The van der Waals surface area contributed by atoms with Gasteiger partial charge in [0.25, 0.3) is 11.1 Å². The quantitative estimate of drug-likeness (QED) is 0.705. The van der Waals surface area contributed by atoms with Gasteiger partial charge in [0.1, 0.15) is 5.75 Å². The third kappa shape index (κ3) is 5.99. The van der Waals surface area contributed by atoms with Crippen molar-refractivity contribution in [1.82, 2.24) is 15.5 Å². The number of nitrogens with zero attached hydrogens (tertiary/aromatic N) is 2. The lowest BCUT2D eigenvalue weighted by molar-refractivity contribution is -0.119. The van der Waals surface area contributed by atoms with Crippen LogP contribution in [0.5, 0.6) is 5.75 Å². The van der Waals surface area contributed by atoms with Crippen LogP contribution in [0.25, 0.3) is 11.5 Å². The Hall–Kier alpha value is -2.02. The van der Waals surface area contributed by atoms with Crippen molar-refractivity contribution in [2.45, 2.75) is 63.1 Å². The molecule has 0 aliphatic heterocycles. The summed E-state index contributed by atoms with van der Waals surface area (Å²) in [6, 6.07) is 7.86. The molecule has 0 spiro atoms. The van der Waals surface area contributed by atoms with Crippen LogP contribution in [0, 0.1) is 0 Å². The minimum absolute atomic E-state index is 0.0278. The Morgan fingerprint density at radius 3 is 2.70 bits per heavy atom. The molecule has 3 rings (SSSR count). The number of hydrogen-bond donors (Lipinski definition) is 1. The van der Waals surface area contributed by atoms with E-state index in [0.29, 0.717) is 29.5 Å². The number of hydrogen-bond acceptors (Lipinski definition) is 6. The van der Waals surface area contributed by atoms with Gasteiger partial charge in [0.15, 0.2) is 0 Å². The van der Waals surface area contributed by atoms with Crippen LogP contribution < -0.4 is 10.1 Å². The van der Waals surface area contributed by atoms with Crippen LogP contribution in [-0.4, -0.2) is 34.5 Å². The van der Waals surface area contributed by atoms with Gasteiger partial charge in [0, 0.05) is 6.04 Å². The van der Waals surface area contributed by atoms with Crippen molar-refractivity contribution in [2.24, 2.45) is 0 Å². The maximum atomic E-state index is 12.3. The van der Waals surface area contributed by atoms with Crippen LogP contribution in [0.2, 0.25) is 0 Å². The first-order valence-electron chi connectivity index (χ1n) is 9.74. The number of carbonyl (C=O) groups excluding carboxylic acids is 1.